The van der Waals surface area contributed by atoms with Crippen molar-refractivity contribution in [1.82, 2.24) is 15.1 Å². The number of amides is 3. The standard InChI is InChI=1S/C32H35N3O5/c1-21(36)23-4-2-22(3-5-23)17-32(19-40-20-32)12-15-34-13-10-24(11-14-34)25-6-7-27-26(16-25)18-35(31(27)39)28-8-9-29(37)33-30(28)38/h2-7,10,16,28H,8-9,11-15,17-20H2,1H3,(H,33,37,38). The van der Waals surface area contributed by atoms with E-state index < -0.39 is 6.04 Å². The summed E-state index contributed by atoms with van der Waals surface area (Å²) in [5, 5.41) is 2.36. The molecule has 0 aliphatic carbocycles. The van der Waals surface area contributed by atoms with E-state index in [2.05, 4.69) is 34.5 Å². The van der Waals surface area contributed by atoms with Gasteiger partial charge in [-0.3, -0.25) is 29.4 Å². The largest absolute Gasteiger partial charge is 0.380 e. The van der Waals surface area contributed by atoms with E-state index in [-0.39, 0.29) is 35.3 Å². The normalized spacial score (nSPS) is 22.4. The van der Waals surface area contributed by atoms with Gasteiger partial charge in [0.25, 0.3) is 5.91 Å². The summed E-state index contributed by atoms with van der Waals surface area (Å²) in [6, 6.07) is 13.4. The fourth-order valence-electron chi connectivity index (χ4n) is 6.36. The van der Waals surface area contributed by atoms with Crippen LogP contribution in [0.25, 0.3) is 5.57 Å². The number of hydrogen-bond acceptors (Lipinski definition) is 6. The fourth-order valence-corrected chi connectivity index (χ4v) is 6.36. The van der Waals surface area contributed by atoms with Gasteiger partial charge in [0, 0.05) is 42.6 Å². The van der Waals surface area contributed by atoms with E-state index in [4.69, 9.17) is 4.74 Å². The first kappa shape index (κ1) is 26.6. The minimum atomic E-state index is -0.590. The third kappa shape index (κ3) is 5.25. The Kier molecular flexibility index (Phi) is 7.15. The second-order valence-electron chi connectivity index (χ2n) is 11.7. The van der Waals surface area contributed by atoms with Crippen molar-refractivity contribution in [2.24, 2.45) is 5.41 Å². The van der Waals surface area contributed by atoms with Crippen LogP contribution in [0.3, 0.4) is 0 Å². The molecule has 4 heterocycles. The Balaban J connectivity index is 1.05. The summed E-state index contributed by atoms with van der Waals surface area (Å²) >= 11 is 0. The molecule has 4 aliphatic heterocycles. The number of nitrogens with one attached hydrogen (secondary N) is 1. The lowest BCUT2D eigenvalue weighted by Crippen LogP contribution is -2.52. The van der Waals surface area contributed by atoms with E-state index >= 15 is 0 Å². The Morgan fingerprint density at radius 1 is 1.07 bits per heavy atom. The van der Waals surface area contributed by atoms with Crippen LogP contribution in [0.5, 0.6) is 0 Å². The van der Waals surface area contributed by atoms with Gasteiger partial charge in [-0.15, -0.1) is 0 Å². The fraction of sp³-hybridized carbons (Fsp3) is 0.438. The molecule has 1 atom stereocenters. The number of fused-ring (bicyclic) bond motifs is 1. The molecule has 1 N–H and O–H groups in total. The van der Waals surface area contributed by atoms with Crippen LogP contribution >= 0.6 is 0 Å². The number of carbonyl (C=O) groups is 4. The molecule has 0 spiro atoms. The average molecular weight is 542 g/mol. The number of rotatable bonds is 8. The second kappa shape index (κ2) is 10.7. The number of piperidine rings is 1. The van der Waals surface area contributed by atoms with Gasteiger partial charge in [0.1, 0.15) is 6.04 Å². The molecule has 8 nitrogen and oxygen atoms in total. The van der Waals surface area contributed by atoms with Crippen LogP contribution in [0, 0.1) is 5.41 Å². The highest BCUT2D eigenvalue weighted by molar-refractivity contribution is 6.05. The molecular weight excluding hydrogens is 506 g/mol. The van der Waals surface area contributed by atoms with Crippen molar-refractivity contribution in [3.8, 4) is 0 Å². The van der Waals surface area contributed by atoms with Crippen molar-refractivity contribution in [2.45, 2.75) is 51.6 Å². The Bertz CT molecular complexity index is 1390. The lowest BCUT2D eigenvalue weighted by molar-refractivity contribution is -0.136. The molecule has 0 aromatic heterocycles. The van der Waals surface area contributed by atoms with Crippen molar-refractivity contribution in [3.63, 3.8) is 0 Å². The average Bonchev–Trinajstić information content (AvgIpc) is 3.26. The first-order valence-corrected chi connectivity index (χ1v) is 14.2. The zero-order chi connectivity index (χ0) is 27.9. The van der Waals surface area contributed by atoms with Crippen molar-refractivity contribution in [1.29, 1.82) is 0 Å². The number of benzene rings is 2. The minimum absolute atomic E-state index is 0.0911. The highest BCUT2D eigenvalue weighted by Gasteiger charge is 2.40. The second-order valence-corrected chi connectivity index (χ2v) is 11.7. The number of ketones is 1. The van der Waals surface area contributed by atoms with E-state index in [9.17, 15) is 19.2 Å². The maximum atomic E-state index is 13.0. The molecule has 40 heavy (non-hydrogen) atoms. The van der Waals surface area contributed by atoms with Gasteiger partial charge in [0.05, 0.1) is 13.2 Å². The van der Waals surface area contributed by atoms with Gasteiger partial charge >= 0.3 is 0 Å². The molecule has 3 amide bonds. The third-order valence-electron chi connectivity index (χ3n) is 8.90. The predicted octanol–water partition coefficient (Wildman–Crippen LogP) is 3.39. The molecule has 0 radical (unpaired) electrons. The highest BCUT2D eigenvalue weighted by atomic mass is 16.5. The van der Waals surface area contributed by atoms with E-state index in [0.29, 0.717) is 18.5 Å². The van der Waals surface area contributed by atoms with Crippen molar-refractivity contribution in [2.75, 3.05) is 32.8 Å². The summed E-state index contributed by atoms with van der Waals surface area (Å²) in [6.07, 6.45) is 5.90. The number of ether oxygens (including phenoxy) is 1. The molecule has 6 rings (SSSR count). The van der Waals surface area contributed by atoms with E-state index in [1.807, 2.05) is 24.3 Å². The third-order valence-corrected chi connectivity index (χ3v) is 8.90. The van der Waals surface area contributed by atoms with E-state index in [0.717, 1.165) is 68.8 Å². The van der Waals surface area contributed by atoms with Gasteiger partial charge in [-0.1, -0.05) is 36.4 Å². The Hall–Kier alpha value is -3.62. The molecular formula is C32H35N3O5. The summed E-state index contributed by atoms with van der Waals surface area (Å²) in [7, 11) is 0. The monoisotopic (exact) mass is 541 g/mol. The summed E-state index contributed by atoms with van der Waals surface area (Å²) in [6.45, 7) is 6.43. The summed E-state index contributed by atoms with van der Waals surface area (Å²) in [5.74, 6) is -0.701. The van der Waals surface area contributed by atoms with Gasteiger partial charge < -0.3 is 9.64 Å². The van der Waals surface area contributed by atoms with Crippen molar-refractivity contribution < 1.29 is 23.9 Å². The number of hydrogen-bond donors (Lipinski definition) is 1. The van der Waals surface area contributed by atoms with Gasteiger partial charge in [-0.05, 0) is 73.5 Å². The lowest BCUT2D eigenvalue weighted by atomic mass is 9.76. The zero-order valence-corrected chi connectivity index (χ0v) is 22.9. The quantitative estimate of drug-likeness (QED) is 0.407. The first-order valence-electron chi connectivity index (χ1n) is 14.2. The van der Waals surface area contributed by atoms with E-state index in [1.54, 1.807) is 11.8 Å². The van der Waals surface area contributed by atoms with Crippen LogP contribution in [-0.2, 0) is 27.3 Å². The maximum absolute atomic E-state index is 13.0. The number of imide groups is 1. The van der Waals surface area contributed by atoms with Crippen LogP contribution in [-0.4, -0.2) is 72.2 Å². The van der Waals surface area contributed by atoms with Gasteiger partial charge in [-0.2, -0.15) is 0 Å². The Morgan fingerprint density at radius 2 is 1.88 bits per heavy atom. The summed E-state index contributed by atoms with van der Waals surface area (Å²) in [5.41, 5.74) is 6.17. The smallest absolute Gasteiger partial charge is 0.255 e. The molecule has 1 unspecified atom stereocenters. The van der Waals surface area contributed by atoms with Gasteiger partial charge in [0.15, 0.2) is 5.78 Å². The molecule has 208 valence electrons. The summed E-state index contributed by atoms with van der Waals surface area (Å²) in [4.78, 5) is 52.6. The maximum Gasteiger partial charge on any atom is 0.255 e. The molecule has 8 heteroatoms. The topological polar surface area (TPSA) is 96.0 Å². The number of nitrogens with zero attached hydrogens (tertiary/aromatic N) is 2. The molecule has 0 bridgehead atoms. The van der Waals surface area contributed by atoms with E-state index in [1.165, 1.54) is 11.1 Å². The van der Waals surface area contributed by atoms with Crippen molar-refractivity contribution in [3.05, 3.63) is 76.4 Å². The van der Waals surface area contributed by atoms with Gasteiger partial charge in [0.2, 0.25) is 11.8 Å². The van der Waals surface area contributed by atoms with Gasteiger partial charge in [-0.25, -0.2) is 0 Å². The molecule has 2 fully saturated rings. The van der Waals surface area contributed by atoms with Crippen LogP contribution in [0.4, 0.5) is 0 Å². The van der Waals surface area contributed by atoms with Crippen LogP contribution < -0.4 is 5.32 Å². The predicted molar refractivity (Wildman–Crippen MR) is 150 cm³/mol. The molecule has 4 aliphatic rings. The lowest BCUT2D eigenvalue weighted by Gasteiger charge is -2.43. The molecule has 2 saturated heterocycles. The number of carbonyl (C=O) groups excluding carboxylic acids is 4. The SMILES string of the molecule is CC(=O)c1ccc(CC2(CCN3CC=C(c4ccc5c(c4)CN(C4CCC(=O)NC4=O)C5=O)CC3)COC2)cc1. The first-order chi connectivity index (χ1) is 19.3. The minimum Gasteiger partial charge on any atom is -0.380 e. The Morgan fingerprint density at radius 3 is 2.52 bits per heavy atom. The molecule has 2 aromatic carbocycles. The Labute approximate surface area is 234 Å². The highest BCUT2D eigenvalue weighted by Crippen LogP contribution is 2.36. The molecule has 0 saturated carbocycles. The van der Waals surface area contributed by atoms with Crippen LogP contribution in [0.15, 0.2) is 48.5 Å². The van der Waals surface area contributed by atoms with Crippen LogP contribution in [0.2, 0.25) is 0 Å². The number of Topliss-reactive ketones (excluding diaryl/α,β-unsaturated/α-hetero) is 1. The molecule has 2 aromatic rings. The zero-order valence-electron chi connectivity index (χ0n) is 22.9. The van der Waals surface area contributed by atoms with Crippen LogP contribution in [0.1, 0.15) is 70.0 Å². The summed E-state index contributed by atoms with van der Waals surface area (Å²) < 4.78 is 5.64. The van der Waals surface area contributed by atoms with Crippen molar-refractivity contribution >= 4 is 29.1 Å².